The fraction of sp³-hybridized carbons (Fsp3) is 0. The number of para-hydroxylation sites is 3. The minimum absolute atomic E-state index is 0.871. The predicted molar refractivity (Wildman–Crippen MR) is 229 cm³/mol. The van der Waals surface area contributed by atoms with Crippen molar-refractivity contribution in [3.8, 4) is 27.9 Å². The van der Waals surface area contributed by atoms with Gasteiger partial charge in [0.25, 0.3) is 0 Å². The van der Waals surface area contributed by atoms with Gasteiger partial charge in [0.15, 0.2) is 5.58 Å². The fourth-order valence-corrected chi connectivity index (χ4v) is 9.33. The van der Waals surface area contributed by atoms with Gasteiger partial charge in [0, 0.05) is 48.7 Å². The van der Waals surface area contributed by atoms with Crippen molar-refractivity contribution in [2.75, 3.05) is 4.90 Å². The lowest BCUT2D eigenvalue weighted by Crippen LogP contribution is -2.10. The van der Waals surface area contributed by atoms with E-state index >= 15 is 0 Å². The quantitative estimate of drug-likeness (QED) is 0.171. The largest absolute Gasteiger partial charge is 0.454 e. The molecule has 11 rings (SSSR count). The Morgan fingerprint density at radius 1 is 0.444 bits per heavy atom. The summed E-state index contributed by atoms with van der Waals surface area (Å²) in [6, 6.07) is 69.4. The highest BCUT2D eigenvalue weighted by Gasteiger charge is 2.21. The normalized spacial score (nSPS) is 11.7. The minimum Gasteiger partial charge on any atom is -0.454 e. The second kappa shape index (κ2) is 12.4. The molecule has 0 aliphatic carbocycles. The summed E-state index contributed by atoms with van der Waals surface area (Å²) >= 11 is 1.86. The Morgan fingerprint density at radius 3 is 1.80 bits per heavy atom. The lowest BCUT2D eigenvalue weighted by atomic mass is 10.0. The van der Waals surface area contributed by atoms with E-state index in [1.165, 1.54) is 59.1 Å². The van der Waals surface area contributed by atoms with Crippen molar-refractivity contribution >= 4 is 81.5 Å². The summed E-state index contributed by atoms with van der Waals surface area (Å²) in [4.78, 5) is 3.59. The Bertz CT molecular complexity index is 3140. The summed E-state index contributed by atoms with van der Waals surface area (Å²) in [5.41, 5.74) is 12.0. The van der Waals surface area contributed by atoms with Crippen LogP contribution in [0.5, 0.6) is 0 Å². The van der Waals surface area contributed by atoms with E-state index in [-0.39, 0.29) is 0 Å². The molecule has 0 aliphatic rings. The first kappa shape index (κ1) is 30.7. The van der Waals surface area contributed by atoms with E-state index in [0.717, 1.165) is 39.0 Å². The highest BCUT2D eigenvalue weighted by atomic mass is 32.1. The topological polar surface area (TPSA) is 21.3 Å². The van der Waals surface area contributed by atoms with Crippen LogP contribution in [0.4, 0.5) is 17.1 Å². The van der Waals surface area contributed by atoms with Gasteiger partial charge in [-0.2, -0.15) is 0 Å². The molecular formula is C50H32N2OS. The number of hydrogen-bond donors (Lipinski definition) is 0. The van der Waals surface area contributed by atoms with Crippen LogP contribution in [0, 0.1) is 0 Å². The minimum atomic E-state index is 0.871. The van der Waals surface area contributed by atoms with Gasteiger partial charge in [-0.05, 0) is 89.0 Å². The number of hydrogen-bond acceptors (Lipinski definition) is 3. The third-order valence-corrected chi connectivity index (χ3v) is 11.8. The summed E-state index contributed by atoms with van der Waals surface area (Å²) in [7, 11) is 0. The van der Waals surface area contributed by atoms with E-state index < -0.39 is 0 Å². The molecule has 0 amide bonds. The number of benzene rings is 8. The van der Waals surface area contributed by atoms with Crippen molar-refractivity contribution in [2.24, 2.45) is 0 Å². The van der Waals surface area contributed by atoms with Crippen LogP contribution in [0.2, 0.25) is 0 Å². The number of rotatable bonds is 6. The molecule has 254 valence electrons. The number of aromatic nitrogens is 1. The number of nitrogens with zero attached hydrogens (tertiary/aromatic N) is 2. The maximum Gasteiger partial charge on any atom is 0.159 e. The molecule has 0 fully saturated rings. The van der Waals surface area contributed by atoms with Gasteiger partial charge in [0.2, 0.25) is 0 Å². The molecule has 8 aromatic carbocycles. The molecule has 0 radical (unpaired) electrons. The molecule has 3 aromatic heterocycles. The van der Waals surface area contributed by atoms with Crippen molar-refractivity contribution in [1.82, 2.24) is 4.57 Å². The Balaban J connectivity index is 1.05. The highest BCUT2D eigenvalue weighted by molar-refractivity contribution is 7.25. The van der Waals surface area contributed by atoms with E-state index in [9.17, 15) is 0 Å². The van der Waals surface area contributed by atoms with E-state index in [4.69, 9.17) is 4.42 Å². The molecule has 11 aromatic rings. The van der Waals surface area contributed by atoms with Crippen LogP contribution < -0.4 is 4.90 Å². The third-order valence-electron chi connectivity index (χ3n) is 10.6. The number of anilines is 3. The van der Waals surface area contributed by atoms with Crippen molar-refractivity contribution in [3.63, 3.8) is 0 Å². The Hall–Kier alpha value is -6.88. The average molecular weight is 709 g/mol. The Labute approximate surface area is 316 Å². The zero-order valence-corrected chi connectivity index (χ0v) is 30.0. The number of fused-ring (bicyclic) bond motifs is 8. The van der Waals surface area contributed by atoms with Crippen LogP contribution >= 0.6 is 11.3 Å². The molecule has 0 spiro atoms. The summed E-state index contributed by atoms with van der Waals surface area (Å²) in [5, 5.41) is 6.11. The maximum absolute atomic E-state index is 6.58. The first-order valence-electron chi connectivity index (χ1n) is 18.3. The van der Waals surface area contributed by atoms with Gasteiger partial charge in [0.05, 0.1) is 11.2 Å². The predicted octanol–water partition coefficient (Wildman–Crippen LogP) is 14.7. The molecule has 0 saturated carbocycles. The molecule has 0 saturated heterocycles. The van der Waals surface area contributed by atoms with E-state index in [1.54, 1.807) is 0 Å². The second-order valence-electron chi connectivity index (χ2n) is 13.7. The van der Waals surface area contributed by atoms with Crippen molar-refractivity contribution < 1.29 is 4.42 Å². The van der Waals surface area contributed by atoms with Crippen molar-refractivity contribution in [3.05, 3.63) is 194 Å². The summed E-state index contributed by atoms with van der Waals surface area (Å²) in [6.07, 6.45) is 0. The van der Waals surface area contributed by atoms with Crippen LogP contribution in [0.1, 0.15) is 0 Å². The standard InChI is InChI=1S/C50H32N2OS/c1-3-12-33(13-4-1)34-22-27-38(28-23-34)51(45-19-11-18-41-40-16-7-9-20-46(40)53-49(41)45)39-29-24-35(25-30-39)36-26-31-44-43(32-36)48-42-17-8-10-21-47(42)54-50(48)52(44)37-14-5-2-6-15-37/h1-32H. The highest BCUT2D eigenvalue weighted by Crippen LogP contribution is 2.45. The molecule has 0 atom stereocenters. The van der Waals surface area contributed by atoms with Gasteiger partial charge in [-0.1, -0.05) is 127 Å². The van der Waals surface area contributed by atoms with Gasteiger partial charge in [-0.15, -0.1) is 11.3 Å². The lowest BCUT2D eigenvalue weighted by Gasteiger charge is -2.26. The molecule has 3 heterocycles. The smallest absolute Gasteiger partial charge is 0.159 e. The van der Waals surface area contributed by atoms with E-state index in [1.807, 2.05) is 23.5 Å². The Morgan fingerprint density at radius 2 is 1.04 bits per heavy atom. The van der Waals surface area contributed by atoms with Crippen LogP contribution in [-0.2, 0) is 0 Å². The molecule has 0 N–H and O–H groups in total. The van der Waals surface area contributed by atoms with Crippen LogP contribution in [-0.4, -0.2) is 4.57 Å². The van der Waals surface area contributed by atoms with E-state index in [0.29, 0.717) is 0 Å². The molecule has 0 aliphatic heterocycles. The number of thiophene rings is 1. The first-order valence-corrected chi connectivity index (χ1v) is 19.1. The van der Waals surface area contributed by atoms with Crippen LogP contribution in [0.3, 0.4) is 0 Å². The monoisotopic (exact) mass is 708 g/mol. The molecule has 3 nitrogen and oxygen atoms in total. The molecule has 54 heavy (non-hydrogen) atoms. The van der Waals surface area contributed by atoms with Crippen LogP contribution in [0.25, 0.3) is 81.1 Å². The third kappa shape index (κ3) is 4.88. The fourth-order valence-electron chi connectivity index (χ4n) is 8.08. The summed E-state index contributed by atoms with van der Waals surface area (Å²) in [6.45, 7) is 0. The van der Waals surface area contributed by atoms with Gasteiger partial charge >= 0.3 is 0 Å². The average Bonchev–Trinajstić information content (AvgIpc) is 3.91. The van der Waals surface area contributed by atoms with Crippen LogP contribution in [0.15, 0.2) is 199 Å². The van der Waals surface area contributed by atoms with Gasteiger partial charge in [-0.25, -0.2) is 0 Å². The summed E-state index contributed by atoms with van der Waals surface area (Å²) in [5.74, 6) is 0. The first-order chi connectivity index (χ1) is 26.8. The molecule has 0 unspecified atom stereocenters. The van der Waals surface area contributed by atoms with Crippen molar-refractivity contribution in [1.29, 1.82) is 0 Å². The molecule has 0 bridgehead atoms. The van der Waals surface area contributed by atoms with Crippen molar-refractivity contribution in [2.45, 2.75) is 0 Å². The van der Waals surface area contributed by atoms with E-state index in [2.05, 4.69) is 191 Å². The number of furan rings is 1. The van der Waals surface area contributed by atoms with Gasteiger partial charge in [-0.3, -0.25) is 0 Å². The second-order valence-corrected chi connectivity index (χ2v) is 14.8. The lowest BCUT2D eigenvalue weighted by molar-refractivity contribution is 0.669. The molecule has 4 heteroatoms. The maximum atomic E-state index is 6.58. The zero-order valence-electron chi connectivity index (χ0n) is 29.2. The Kier molecular flexibility index (Phi) is 7.04. The summed E-state index contributed by atoms with van der Waals surface area (Å²) < 4.78 is 10.3. The SMILES string of the molecule is c1ccc(-c2ccc(N(c3ccc(-c4ccc5c(c4)c4c6ccccc6sc4n5-c4ccccc4)cc3)c3cccc4c3oc3ccccc34)cc2)cc1. The zero-order chi connectivity index (χ0) is 35.6. The van der Waals surface area contributed by atoms with Gasteiger partial charge in [0.1, 0.15) is 10.4 Å². The molecular weight excluding hydrogens is 677 g/mol. The van der Waals surface area contributed by atoms with Gasteiger partial charge < -0.3 is 13.9 Å².